The lowest BCUT2D eigenvalue weighted by Crippen LogP contribution is -2.07. The molecule has 1 N–H and O–H groups in total. The van der Waals surface area contributed by atoms with Gasteiger partial charge in [-0.15, -0.1) is 5.10 Å². The van der Waals surface area contributed by atoms with E-state index in [2.05, 4.69) is 15.2 Å². The number of benzene rings is 1. The quantitative estimate of drug-likeness (QED) is 0.815. The highest BCUT2D eigenvalue weighted by molar-refractivity contribution is 5.84. The molecule has 2 rings (SSSR count). The van der Waals surface area contributed by atoms with Crippen LogP contribution in [-0.4, -0.2) is 34.4 Å². The third kappa shape index (κ3) is 3.81. The first-order valence-corrected chi connectivity index (χ1v) is 6.47. The summed E-state index contributed by atoms with van der Waals surface area (Å²) < 4.78 is 10.4. The van der Waals surface area contributed by atoms with Crippen molar-refractivity contribution in [3.05, 3.63) is 41.5 Å². The van der Waals surface area contributed by atoms with Crippen molar-refractivity contribution in [1.29, 1.82) is 0 Å². The Morgan fingerprint density at radius 1 is 1.40 bits per heavy atom. The van der Waals surface area contributed by atoms with Crippen LogP contribution >= 0.6 is 0 Å². The SMILES string of the molecule is CCOC(=O)c1n[nH]c(CCOc2cccc(C)c2)n1. The van der Waals surface area contributed by atoms with Crippen LogP contribution in [0.1, 0.15) is 28.9 Å². The summed E-state index contributed by atoms with van der Waals surface area (Å²) in [6.45, 7) is 4.51. The first-order chi connectivity index (χ1) is 9.69. The summed E-state index contributed by atoms with van der Waals surface area (Å²) in [6.07, 6.45) is 0.542. The molecule has 6 heteroatoms. The smallest absolute Gasteiger partial charge is 0.378 e. The fraction of sp³-hybridized carbons (Fsp3) is 0.357. The van der Waals surface area contributed by atoms with E-state index in [-0.39, 0.29) is 5.82 Å². The maximum atomic E-state index is 11.4. The minimum Gasteiger partial charge on any atom is -0.493 e. The summed E-state index contributed by atoms with van der Waals surface area (Å²) in [5.74, 6) is 0.947. The Morgan fingerprint density at radius 2 is 2.25 bits per heavy atom. The van der Waals surface area contributed by atoms with E-state index in [1.165, 1.54) is 0 Å². The molecule has 0 aliphatic carbocycles. The number of carbonyl (C=O) groups excluding carboxylic acids is 1. The molecule has 0 aliphatic heterocycles. The van der Waals surface area contributed by atoms with Crippen LogP contribution in [0.2, 0.25) is 0 Å². The number of nitrogens with one attached hydrogen (secondary N) is 1. The van der Waals surface area contributed by atoms with Gasteiger partial charge in [-0.05, 0) is 31.5 Å². The Bertz CT molecular complexity index is 581. The van der Waals surface area contributed by atoms with Gasteiger partial charge in [-0.25, -0.2) is 9.78 Å². The predicted molar refractivity (Wildman–Crippen MR) is 72.7 cm³/mol. The van der Waals surface area contributed by atoms with Crippen molar-refractivity contribution < 1.29 is 14.3 Å². The Balaban J connectivity index is 1.84. The van der Waals surface area contributed by atoms with Crippen LogP contribution in [-0.2, 0) is 11.2 Å². The van der Waals surface area contributed by atoms with Crippen molar-refractivity contribution in [2.75, 3.05) is 13.2 Å². The van der Waals surface area contributed by atoms with Crippen molar-refractivity contribution >= 4 is 5.97 Å². The summed E-state index contributed by atoms with van der Waals surface area (Å²) in [4.78, 5) is 15.4. The van der Waals surface area contributed by atoms with E-state index in [1.807, 2.05) is 31.2 Å². The fourth-order valence-corrected chi connectivity index (χ4v) is 1.66. The van der Waals surface area contributed by atoms with Gasteiger partial charge in [0.25, 0.3) is 5.82 Å². The summed E-state index contributed by atoms with van der Waals surface area (Å²) in [7, 11) is 0. The molecule has 20 heavy (non-hydrogen) atoms. The number of H-pyrrole nitrogens is 1. The standard InChI is InChI=1S/C14H17N3O3/c1-3-19-14(18)13-15-12(16-17-13)7-8-20-11-6-4-5-10(2)9-11/h4-6,9H,3,7-8H2,1-2H3,(H,15,16,17). The van der Waals surface area contributed by atoms with Gasteiger partial charge in [0, 0.05) is 6.42 Å². The Kier molecular flexibility index (Phi) is 4.70. The Labute approximate surface area is 117 Å². The molecule has 1 heterocycles. The van der Waals surface area contributed by atoms with Crippen molar-refractivity contribution in [1.82, 2.24) is 15.2 Å². The molecule has 0 fully saturated rings. The van der Waals surface area contributed by atoms with E-state index in [0.29, 0.717) is 25.5 Å². The van der Waals surface area contributed by atoms with E-state index in [0.717, 1.165) is 11.3 Å². The highest BCUT2D eigenvalue weighted by Gasteiger charge is 2.13. The maximum absolute atomic E-state index is 11.4. The van der Waals surface area contributed by atoms with Gasteiger partial charge in [0.15, 0.2) is 0 Å². The van der Waals surface area contributed by atoms with Crippen molar-refractivity contribution in [3.63, 3.8) is 0 Å². The molecule has 2 aromatic rings. The Morgan fingerprint density at radius 3 is 3.00 bits per heavy atom. The van der Waals surface area contributed by atoms with Crippen LogP contribution in [0, 0.1) is 6.92 Å². The molecule has 0 amide bonds. The molecule has 0 saturated heterocycles. The van der Waals surface area contributed by atoms with Gasteiger partial charge in [0.1, 0.15) is 11.6 Å². The Hall–Kier alpha value is -2.37. The number of ether oxygens (including phenoxy) is 2. The highest BCUT2D eigenvalue weighted by atomic mass is 16.5. The summed E-state index contributed by atoms with van der Waals surface area (Å²) >= 11 is 0. The number of hydrogen-bond acceptors (Lipinski definition) is 5. The molecular weight excluding hydrogens is 258 g/mol. The van der Waals surface area contributed by atoms with E-state index in [4.69, 9.17) is 9.47 Å². The van der Waals surface area contributed by atoms with Crippen LogP contribution in [0.5, 0.6) is 5.75 Å². The summed E-state index contributed by atoms with van der Waals surface area (Å²) in [5.41, 5.74) is 1.15. The molecule has 6 nitrogen and oxygen atoms in total. The van der Waals surface area contributed by atoms with Crippen LogP contribution in [0.3, 0.4) is 0 Å². The molecular formula is C14H17N3O3. The van der Waals surface area contributed by atoms with E-state index in [1.54, 1.807) is 6.92 Å². The molecule has 0 saturated carbocycles. The molecule has 1 aromatic carbocycles. The number of rotatable bonds is 6. The third-order valence-electron chi connectivity index (χ3n) is 2.59. The van der Waals surface area contributed by atoms with E-state index >= 15 is 0 Å². The zero-order valence-corrected chi connectivity index (χ0v) is 11.5. The molecule has 0 unspecified atom stereocenters. The molecule has 0 bridgehead atoms. The van der Waals surface area contributed by atoms with E-state index < -0.39 is 5.97 Å². The lowest BCUT2D eigenvalue weighted by molar-refractivity contribution is 0.0512. The topological polar surface area (TPSA) is 77.1 Å². The van der Waals surface area contributed by atoms with Gasteiger partial charge in [-0.1, -0.05) is 12.1 Å². The second-order valence-electron chi connectivity index (χ2n) is 4.24. The largest absolute Gasteiger partial charge is 0.493 e. The van der Waals surface area contributed by atoms with Crippen LogP contribution in [0.4, 0.5) is 0 Å². The van der Waals surface area contributed by atoms with Crippen molar-refractivity contribution in [3.8, 4) is 5.75 Å². The lowest BCUT2D eigenvalue weighted by atomic mass is 10.2. The van der Waals surface area contributed by atoms with Gasteiger partial charge >= 0.3 is 5.97 Å². The minimum absolute atomic E-state index is 0.0532. The first-order valence-electron chi connectivity index (χ1n) is 6.47. The second kappa shape index (κ2) is 6.70. The van der Waals surface area contributed by atoms with Gasteiger partial charge in [0.05, 0.1) is 13.2 Å². The highest BCUT2D eigenvalue weighted by Crippen LogP contribution is 2.12. The number of aromatic nitrogens is 3. The monoisotopic (exact) mass is 275 g/mol. The lowest BCUT2D eigenvalue weighted by Gasteiger charge is -2.05. The average Bonchev–Trinajstić information content (AvgIpc) is 2.88. The van der Waals surface area contributed by atoms with Crippen LogP contribution < -0.4 is 4.74 Å². The molecule has 0 atom stereocenters. The summed E-state index contributed by atoms with van der Waals surface area (Å²) in [6, 6.07) is 7.81. The summed E-state index contributed by atoms with van der Waals surface area (Å²) in [5, 5.41) is 6.51. The van der Waals surface area contributed by atoms with E-state index in [9.17, 15) is 4.79 Å². The molecule has 1 aromatic heterocycles. The van der Waals surface area contributed by atoms with Crippen molar-refractivity contribution in [2.45, 2.75) is 20.3 Å². The first kappa shape index (κ1) is 14.0. The van der Waals surface area contributed by atoms with Gasteiger partial charge in [-0.2, -0.15) is 0 Å². The third-order valence-corrected chi connectivity index (χ3v) is 2.59. The van der Waals surface area contributed by atoms with Gasteiger partial charge in [0.2, 0.25) is 0 Å². The molecule has 0 aliphatic rings. The van der Waals surface area contributed by atoms with Gasteiger partial charge in [-0.3, -0.25) is 5.10 Å². The predicted octanol–water partition coefficient (Wildman–Crippen LogP) is 1.91. The van der Waals surface area contributed by atoms with Crippen LogP contribution in [0.15, 0.2) is 24.3 Å². The number of hydrogen-bond donors (Lipinski definition) is 1. The zero-order chi connectivity index (χ0) is 14.4. The average molecular weight is 275 g/mol. The number of esters is 1. The normalized spacial score (nSPS) is 10.3. The van der Waals surface area contributed by atoms with Crippen molar-refractivity contribution in [2.24, 2.45) is 0 Å². The zero-order valence-electron chi connectivity index (χ0n) is 11.5. The van der Waals surface area contributed by atoms with Crippen LogP contribution in [0.25, 0.3) is 0 Å². The van der Waals surface area contributed by atoms with Gasteiger partial charge < -0.3 is 9.47 Å². The fourth-order valence-electron chi connectivity index (χ4n) is 1.66. The molecule has 0 radical (unpaired) electrons. The number of carbonyl (C=O) groups is 1. The minimum atomic E-state index is -0.519. The maximum Gasteiger partial charge on any atom is 0.378 e. The molecule has 106 valence electrons. The second-order valence-corrected chi connectivity index (χ2v) is 4.24. The number of aryl methyl sites for hydroxylation is 1. The number of aromatic amines is 1. The number of nitrogens with zero attached hydrogens (tertiary/aromatic N) is 2. The molecule has 0 spiro atoms.